The molecule has 2 bridgehead atoms. The molecule has 3 heterocycles. The summed E-state index contributed by atoms with van der Waals surface area (Å²) < 4.78 is 37.3. The van der Waals surface area contributed by atoms with Crippen molar-refractivity contribution in [1.82, 2.24) is 0 Å². The van der Waals surface area contributed by atoms with Crippen molar-refractivity contribution in [2.45, 2.75) is 34.6 Å². The van der Waals surface area contributed by atoms with Gasteiger partial charge in [-0.1, -0.05) is 44.2 Å². The van der Waals surface area contributed by atoms with Crippen LogP contribution in [0.25, 0.3) is 0 Å². The highest BCUT2D eigenvalue weighted by atomic mass is 16.5. The molecule has 264 valence electrons. The minimum atomic E-state index is 0.532. The Morgan fingerprint density at radius 3 is 1.21 bits per heavy atom. The maximum Gasteiger partial charge on any atom is 0.142 e. The molecule has 0 radical (unpaired) electrons. The van der Waals surface area contributed by atoms with Gasteiger partial charge in [0.05, 0.1) is 77.3 Å². The summed E-state index contributed by atoms with van der Waals surface area (Å²) in [7, 11) is 0. The second-order valence-electron chi connectivity index (χ2n) is 11.8. The number of hydrogen-bond donors (Lipinski definition) is 0. The zero-order chi connectivity index (χ0) is 34.0. The highest BCUT2D eigenvalue weighted by Crippen LogP contribution is 2.31. The van der Waals surface area contributed by atoms with Gasteiger partial charge in [-0.2, -0.15) is 0 Å². The average Bonchev–Trinajstić information content (AvgIpc) is 3.09. The molecule has 1 saturated heterocycles. The molecule has 0 unspecified atom stereocenters. The summed E-state index contributed by atoms with van der Waals surface area (Å²) in [5.74, 6) is 1.74. The lowest BCUT2D eigenvalue weighted by molar-refractivity contribution is 0.0435. The summed E-state index contributed by atoms with van der Waals surface area (Å²) in [6, 6.07) is 21.3. The molecule has 6 rings (SSSR count). The number of benzene rings is 3. The van der Waals surface area contributed by atoms with Crippen LogP contribution in [0.3, 0.4) is 0 Å². The van der Waals surface area contributed by atoms with Crippen LogP contribution in [0.15, 0.2) is 60.7 Å². The monoisotopic (exact) mass is 663 g/mol. The van der Waals surface area contributed by atoms with E-state index in [1.54, 1.807) is 0 Å². The van der Waals surface area contributed by atoms with E-state index >= 15 is 0 Å². The minimum absolute atomic E-state index is 0.532. The predicted molar refractivity (Wildman–Crippen MR) is 196 cm³/mol. The van der Waals surface area contributed by atoms with Crippen LogP contribution in [0.4, 0.5) is 17.1 Å². The quantitative estimate of drug-likeness (QED) is 0.279. The standard InChI is InChI=1S/C37H51N3O6.C2H6/c1-30-8-10-34-36(28-30)45-22-16-38(33-7-5-4-6-32(33)3)17-23-46-37-29-31(2)9-11-35(37)40-14-20-43-26-24-41-18-12-39(34)13-19-42-25-27-44-21-15-40;1-2/h4-11,28-29H,12-27H2,1-3H3;1-2H3. The molecule has 0 atom stereocenters. The normalized spacial score (nSPS) is 17.9. The van der Waals surface area contributed by atoms with E-state index in [2.05, 4.69) is 96.1 Å². The van der Waals surface area contributed by atoms with Crippen LogP contribution in [0.1, 0.15) is 30.5 Å². The van der Waals surface area contributed by atoms with E-state index in [0.717, 1.165) is 73.3 Å². The van der Waals surface area contributed by atoms with Crippen LogP contribution in [-0.2, 0) is 18.9 Å². The van der Waals surface area contributed by atoms with Gasteiger partial charge < -0.3 is 43.1 Å². The summed E-state index contributed by atoms with van der Waals surface area (Å²) in [4.78, 5) is 6.96. The molecule has 9 heteroatoms. The number of aryl methyl sites for hydroxylation is 3. The van der Waals surface area contributed by atoms with Crippen LogP contribution < -0.4 is 24.2 Å². The highest BCUT2D eigenvalue weighted by molar-refractivity contribution is 5.61. The van der Waals surface area contributed by atoms with Crippen LogP contribution in [0.2, 0.25) is 0 Å². The van der Waals surface area contributed by atoms with Crippen LogP contribution in [-0.4, -0.2) is 105 Å². The molecule has 3 aromatic carbocycles. The first-order chi connectivity index (χ1) is 23.6. The lowest BCUT2D eigenvalue weighted by Gasteiger charge is -2.29. The Morgan fingerprint density at radius 2 is 0.792 bits per heavy atom. The summed E-state index contributed by atoms with van der Waals surface area (Å²) in [5, 5.41) is 0. The van der Waals surface area contributed by atoms with Gasteiger partial charge in [-0.3, -0.25) is 0 Å². The summed E-state index contributed by atoms with van der Waals surface area (Å²) in [6.45, 7) is 20.2. The molecule has 9 nitrogen and oxygen atoms in total. The summed E-state index contributed by atoms with van der Waals surface area (Å²) in [5.41, 5.74) is 6.81. The first-order valence-electron chi connectivity index (χ1n) is 17.7. The zero-order valence-corrected chi connectivity index (χ0v) is 29.9. The fourth-order valence-electron chi connectivity index (χ4n) is 5.85. The first kappa shape index (κ1) is 37.3. The third-order valence-corrected chi connectivity index (χ3v) is 8.37. The van der Waals surface area contributed by atoms with Crippen molar-refractivity contribution in [3.05, 3.63) is 77.4 Å². The number of rotatable bonds is 1. The van der Waals surface area contributed by atoms with Crippen LogP contribution in [0, 0.1) is 20.8 Å². The van der Waals surface area contributed by atoms with Crippen molar-refractivity contribution in [3.63, 3.8) is 0 Å². The van der Waals surface area contributed by atoms with E-state index in [0.29, 0.717) is 66.1 Å². The van der Waals surface area contributed by atoms with Crippen LogP contribution in [0.5, 0.6) is 11.5 Å². The molecule has 0 spiro atoms. The summed E-state index contributed by atoms with van der Waals surface area (Å²) in [6.07, 6.45) is 0. The zero-order valence-electron chi connectivity index (χ0n) is 29.9. The maximum absolute atomic E-state index is 6.58. The second-order valence-corrected chi connectivity index (χ2v) is 11.8. The molecule has 0 saturated carbocycles. The van der Waals surface area contributed by atoms with Crippen LogP contribution >= 0.6 is 0 Å². The molecule has 48 heavy (non-hydrogen) atoms. The largest absolute Gasteiger partial charge is 0.490 e. The first-order valence-corrected chi connectivity index (χ1v) is 17.7. The Morgan fingerprint density at radius 1 is 0.417 bits per heavy atom. The van der Waals surface area contributed by atoms with E-state index in [4.69, 9.17) is 28.4 Å². The molecule has 3 aliphatic heterocycles. The Hall–Kier alpha value is -3.50. The van der Waals surface area contributed by atoms with Crippen molar-refractivity contribution in [3.8, 4) is 11.5 Å². The molecule has 1 fully saturated rings. The molecule has 0 N–H and O–H groups in total. The molecular formula is C39H57N3O6. The van der Waals surface area contributed by atoms with Gasteiger partial charge in [0.2, 0.25) is 0 Å². The van der Waals surface area contributed by atoms with Gasteiger partial charge in [-0.15, -0.1) is 0 Å². The second kappa shape index (κ2) is 20.8. The van der Waals surface area contributed by atoms with E-state index < -0.39 is 0 Å². The highest BCUT2D eigenvalue weighted by Gasteiger charge is 2.18. The van der Waals surface area contributed by atoms with Gasteiger partial charge in [-0.05, 0) is 67.8 Å². The fourth-order valence-corrected chi connectivity index (χ4v) is 5.85. The third-order valence-electron chi connectivity index (χ3n) is 8.37. The molecule has 0 aliphatic carbocycles. The SMILES string of the molecule is CC.Cc1ccc2c(c1)OCCN(c1ccccc1C)CCOc1cc(C)ccc1N1CCOCCOCCN2CCOCCOCC1. The van der Waals surface area contributed by atoms with Crippen molar-refractivity contribution in [2.75, 3.05) is 120 Å². The van der Waals surface area contributed by atoms with Crippen molar-refractivity contribution < 1.29 is 28.4 Å². The number of ether oxygens (including phenoxy) is 6. The lowest BCUT2D eigenvalue weighted by Crippen LogP contribution is -2.34. The molecule has 0 aromatic heterocycles. The van der Waals surface area contributed by atoms with E-state index in [9.17, 15) is 0 Å². The van der Waals surface area contributed by atoms with Crippen molar-refractivity contribution in [2.24, 2.45) is 0 Å². The van der Waals surface area contributed by atoms with Gasteiger partial charge in [0.15, 0.2) is 0 Å². The maximum atomic E-state index is 6.58. The number of anilines is 3. The Kier molecular flexibility index (Phi) is 16.2. The lowest BCUT2D eigenvalue weighted by atomic mass is 10.1. The fraction of sp³-hybridized carbons (Fsp3) is 0.538. The Labute approximate surface area is 288 Å². The average molecular weight is 664 g/mol. The van der Waals surface area contributed by atoms with E-state index in [1.807, 2.05) is 13.8 Å². The predicted octanol–water partition coefficient (Wildman–Crippen LogP) is 6.31. The van der Waals surface area contributed by atoms with E-state index in [-0.39, 0.29) is 0 Å². The van der Waals surface area contributed by atoms with Gasteiger partial charge in [-0.25, -0.2) is 0 Å². The Bertz CT molecular complexity index is 1260. The molecule has 0 amide bonds. The van der Waals surface area contributed by atoms with Gasteiger partial charge in [0.25, 0.3) is 0 Å². The minimum Gasteiger partial charge on any atom is -0.490 e. The van der Waals surface area contributed by atoms with Gasteiger partial charge in [0.1, 0.15) is 24.7 Å². The van der Waals surface area contributed by atoms with E-state index in [1.165, 1.54) is 11.3 Å². The number of para-hydroxylation sites is 1. The third kappa shape index (κ3) is 11.6. The van der Waals surface area contributed by atoms with Crippen molar-refractivity contribution in [1.29, 1.82) is 0 Å². The Balaban J connectivity index is 0.00000255. The molecule has 3 aromatic rings. The summed E-state index contributed by atoms with van der Waals surface area (Å²) >= 11 is 0. The van der Waals surface area contributed by atoms with Gasteiger partial charge >= 0.3 is 0 Å². The number of nitrogens with zero attached hydrogens (tertiary/aromatic N) is 3. The molecular weight excluding hydrogens is 606 g/mol. The number of hydrogen-bond acceptors (Lipinski definition) is 9. The number of fused-ring (bicyclic) bond motifs is 20. The topological polar surface area (TPSA) is 65.1 Å². The molecule has 3 aliphatic rings. The van der Waals surface area contributed by atoms with Gasteiger partial charge in [0, 0.05) is 31.9 Å². The van der Waals surface area contributed by atoms with Crippen molar-refractivity contribution >= 4 is 17.1 Å². The smallest absolute Gasteiger partial charge is 0.142 e.